The van der Waals surface area contributed by atoms with Crippen LogP contribution in [0, 0.1) is 10.1 Å². The third-order valence-electron chi connectivity index (χ3n) is 3.71. The lowest BCUT2D eigenvalue weighted by Gasteiger charge is -2.35. The number of hydrogen-bond donors (Lipinski definition) is 0. The van der Waals surface area contributed by atoms with Gasteiger partial charge in [-0.3, -0.25) is 14.9 Å². The van der Waals surface area contributed by atoms with Crippen LogP contribution in [0.15, 0.2) is 18.2 Å². The Labute approximate surface area is 144 Å². The minimum Gasteiger partial charge on any atom is -0.490 e. The zero-order valence-corrected chi connectivity index (χ0v) is 14.3. The molecule has 0 aliphatic carbocycles. The number of nitro groups is 1. The number of rotatable bonds is 5. The van der Waals surface area contributed by atoms with Gasteiger partial charge in [-0.2, -0.15) is 0 Å². The summed E-state index contributed by atoms with van der Waals surface area (Å²) in [7, 11) is 1.29. The van der Waals surface area contributed by atoms with Crippen LogP contribution in [-0.2, 0) is 14.3 Å². The maximum atomic E-state index is 12.2. The molecule has 1 amide bonds. The molecule has 2 unspecified atom stereocenters. The first-order chi connectivity index (χ1) is 11.8. The second kappa shape index (κ2) is 7.93. The molecule has 1 aromatic carbocycles. The van der Waals surface area contributed by atoms with Gasteiger partial charge in [0.15, 0.2) is 12.4 Å². The van der Waals surface area contributed by atoms with E-state index in [0.717, 1.165) is 6.07 Å². The third kappa shape index (κ3) is 4.66. The summed E-state index contributed by atoms with van der Waals surface area (Å²) >= 11 is 0. The summed E-state index contributed by atoms with van der Waals surface area (Å²) in [5.74, 6) is -1.11. The van der Waals surface area contributed by atoms with Crippen LogP contribution in [0.5, 0.6) is 5.75 Å². The topological polar surface area (TPSA) is 108 Å². The lowest BCUT2D eigenvalue weighted by atomic mass is 10.2. The molecule has 2 rings (SSSR count). The van der Waals surface area contributed by atoms with Gasteiger partial charge >= 0.3 is 11.7 Å². The maximum absolute atomic E-state index is 12.2. The Morgan fingerprint density at radius 1 is 1.32 bits per heavy atom. The second-order valence-electron chi connectivity index (χ2n) is 5.78. The highest BCUT2D eigenvalue weighted by atomic mass is 16.6. The van der Waals surface area contributed by atoms with Crippen molar-refractivity contribution >= 4 is 17.6 Å². The van der Waals surface area contributed by atoms with E-state index >= 15 is 0 Å². The molecule has 0 bridgehead atoms. The SMILES string of the molecule is COc1ccc(C(=O)OCC(=O)N2CC(C)OC(C)C2)cc1[N+](=O)[O-]. The van der Waals surface area contributed by atoms with Crippen molar-refractivity contribution in [1.82, 2.24) is 4.90 Å². The van der Waals surface area contributed by atoms with Crippen molar-refractivity contribution in [3.05, 3.63) is 33.9 Å². The fourth-order valence-corrected chi connectivity index (χ4v) is 2.64. The van der Waals surface area contributed by atoms with Crippen LogP contribution in [0.2, 0.25) is 0 Å². The number of morpholine rings is 1. The molecule has 9 nitrogen and oxygen atoms in total. The predicted molar refractivity (Wildman–Crippen MR) is 86.5 cm³/mol. The molecule has 25 heavy (non-hydrogen) atoms. The molecule has 1 fully saturated rings. The highest BCUT2D eigenvalue weighted by Gasteiger charge is 2.27. The van der Waals surface area contributed by atoms with Crippen molar-refractivity contribution in [2.45, 2.75) is 26.1 Å². The predicted octanol–water partition coefficient (Wildman–Crippen LogP) is 1.40. The molecule has 9 heteroatoms. The summed E-state index contributed by atoms with van der Waals surface area (Å²) in [6.45, 7) is 4.14. The Kier molecular flexibility index (Phi) is 5.92. The van der Waals surface area contributed by atoms with Gasteiger partial charge in [0.25, 0.3) is 5.91 Å². The highest BCUT2D eigenvalue weighted by Crippen LogP contribution is 2.27. The van der Waals surface area contributed by atoms with E-state index in [1.165, 1.54) is 19.2 Å². The van der Waals surface area contributed by atoms with Crippen LogP contribution in [0.1, 0.15) is 24.2 Å². The number of hydrogen-bond acceptors (Lipinski definition) is 7. The molecule has 0 N–H and O–H groups in total. The number of nitro benzene ring substituents is 1. The molecular weight excluding hydrogens is 332 g/mol. The zero-order chi connectivity index (χ0) is 18.6. The summed E-state index contributed by atoms with van der Waals surface area (Å²) in [5.41, 5.74) is -0.372. The van der Waals surface area contributed by atoms with Crippen molar-refractivity contribution < 1.29 is 28.7 Å². The summed E-state index contributed by atoms with van der Waals surface area (Å²) < 4.78 is 15.4. The molecule has 136 valence electrons. The Morgan fingerprint density at radius 3 is 2.52 bits per heavy atom. The molecule has 2 atom stereocenters. The van der Waals surface area contributed by atoms with E-state index in [2.05, 4.69) is 0 Å². The molecule has 1 aromatic rings. The number of benzene rings is 1. The molecular formula is C16H20N2O7. The Morgan fingerprint density at radius 2 is 1.96 bits per heavy atom. The second-order valence-corrected chi connectivity index (χ2v) is 5.78. The number of amides is 1. The van der Waals surface area contributed by atoms with Gasteiger partial charge in [-0.05, 0) is 26.0 Å². The first-order valence-corrected chi connectivity index (χ1v) is 7.74. The van der Waals surface area contributed by atoms with Crippen LogP contribution in [0.25, 0.3) is 0 Å². The summed E-state index contributed by atoms with van der Waals surface area (Å²) in [4.78, 5) is 36.1. The van der Waals surface area contributed by atoms with Crippen LogP contribution in [0.3, 0.4) is 0 Å². The summed E-state index contributed by atoms with van der Waals surface area (Å²) in [5, 5.41) is 11.0. The fraction of sp³-hybridized carbons (Fsp3) is 0.500. The van der Waals surface area contributed by atoms with Gasteiger partial charge in [0, 0.05) is 19.2 Å². The molecule has 0 saturated carbocycles. The molecule has 0 aromatic heterocycles. The van der Waals surface area contributed by atoms with Gasteiger partial charge in [0.1, 0.15) is 0 Å². The first kappa shape index (κ1) is 18.7. The number of methoxy groups -OCH3 is 1. The number of nitrogens with zero attached hydrogens (tertiary/aromatic N) is 2. The van der Waals surface area contributed by atoms with Crippen LogP contribution in [-0.4, -0.2) is 60.7 Å². The lowest BCUT2D eigenvalue weighted by molar-refractivity contribution is -0.385. The van der Waals surface area contributed by atoms with E-state index < -0.39 is 17.5 Å². The third-order valence-corrected chi connectivity index (χ3v) is 3.71. The van der Waals surface area contributed by atoms with E-state index in [1.54, 1.807) is 4.90 Å². The summed E-state index contributed by atoms with van der Waals surface area (Å²) in [6.07, 6.45) is -0.180. The summed E-state index contributed by atoms with van der Waals surface area (Å²) in [6, 6.07) is 3.71. The van der Waals surface area contributed by atoms with E-state index in [0.29, 0.717) is 13.1 Å². The normalized spacial score (nSPS) is 20.0. The monoisotopic (exact) mass is 352 g/mol. The molecule has 0 radical (unpaired) electrons. The van der Waals surface area contributed by atoms with Crippen LogP contribution in [0.4, 0.5) is 5.69 Å². The zero-order valence-electron chi connectivity index (χ0n) is 14.3. The van der Waals surface area contributed by atoms with Crippen molar-refractivity contribution in [3.8, 4) is 5.75 Å². The fourth-order valence-electron chi connectivity index (χ4n) is 2.64. The molecule has 0 spiro atoms. The van der Waals surface area contributed by atoms with E-state index in [-0.39, 0.29) is 35.1 Å². The average Bonchev–Trinajstić information content (AvgIpc) is 2.57. The standard InChI is InChI=1S/C16H20N2O7/c1-10-7-17(8-11(2)25-10)15(19)9-24-16(20)12-4-5-14(23-3)13(6-12)18(21)22/h4-6,10-11H,7-9H2,1-3H3. The van der Waals surface area contributed by atoms with Gasteiger partial charge < -0.3 is 19.1 Å². The van der Waals surface area contributed by atoms with E-state index in [1.807, 2.05) is 13.8 Å². The number of carbonyl (C=O) groups excluding carboxylic acids is 2. The van der Waals surface area contributed by atoms with Gasteiger partial charge in [-0.15, -0.1) is 0 Å². The molecule has 1 saturated heterocycles. The van der Waals surface area contributed by atoms with Gasteiger partial charge in [0.05, 0.1) is 29.8 Å². The lowest BCUT2D eigenvalue weighted by Crippen LogP contribution is -2.49. The van der Waals surface area contributed by atoms with Gasteiger partial charge in [0.2, 0.25) is 0 Å². The number of esters is 1. The van der Waals surface area contributed by atoms with Crippen molar-refractivity contribution in [1.29, 1.82) is 0 Å². The first-order valence-electron chi connectivity index (χ1n) is 7.74. The van der Waals surface area contributed by atoms with Crippen molar-refractivity contribution in [2.75, 3.05) is 26.8 Å². The van der Waals surface area contributed by atoms with E-state index in [9.17, 15) is 19.7 Å². The smallest absolute Gasteiger partial charge is 0.338 e. The van der Waals surface area contributed by atoms with Gasteiger partial charge in [-0.1, -0.05) is 0 Å². The van der Waals surface area contributed by atoms with Crippen molar-refractivity contribution in [2.24, 2.45) is 0 Å². The minimum absolute atomic E-state index is 0.0241. The Hall–Kier alpha value is -2.68. The minimum atomic E-state index is -0.812. The Balaban J connectivity index is 1.99. The van der Waals surface area contributed by atoms with Crippen molar-refractivity contribution in [3.63, 3.8) is 0 Å². The molecule has 1 aliphatic rings. The maximum Gasteiger partial charge on any atom is 0.338 e. The molecule has 1 heterocycles. The van der Waals surface area contributed by atoms with E-state index in [4.69, 9.17) is 14.2 Å². The largest absolute Gasteiger partial charge is 0.490 e. The van der Waals surface area contributed by atoms with Crippen LogP contribution < -0.4 is 4.74 Å². The quantitative estimate of drug-likeness (QED) is 0.447. The van der Waals surface area contributed by atoms with Crippen LogP contribution >= 0.6 is 0 Å². The molecule has 1 aliphatic heterocycles. The Bertz CT molecular complexity index is 666. The highest BCUT2D eigenvalue weighted by molar-refractivity contribution is 5.92. The average molecular weight is 352 g/mol. The van der Waals surface area contributed by atoms with Gasteiger partial charge in [-0.25, -0.2) is 4.79 Å². The number of ether oxygens (including phenoxy) is 3. The number of carbonyl (C=O) groups is 2.